The lowest BCUT2D eigenvalue weighted by molar-refractivity contribution is 0.249. The molecule has 0 spiro atoms. The summed E-state index contributed by atoms with van der Waals surface area (Å²) in [5.41, 5.74) is 4.45. The highest BCUT2D eigenvalue weighted by atomic mass is 16.5. The van der Waals surface area contributed by atoms with Crippen molar-refractivity contribution < 1.29 is 9.84 Å². The zero-order valence-corrected chi connectivity index (χ0v) is 19.7. The average Bonchev–Trinajstić information content (AvgIpc) is 2.68. The Morgan fingerprint density at radius 3 is 1.77 bits per heavy atom. The monoisotopic (exact) mass is 410 g/mol. The maximum atomic E-state index is 11.0. The fourth-order valence-corrected chi connectivity index (χ4v) is 4.14. The van der Waals surface area contributed by atoms with Gasteiger partial charge in [0.25, 0.3) is 0 Å². The molecule has 0 amide bonds. The molecule has 1 heterocycles. The van der Waals surface area contributed by atoms with E-state index in [1.807, 2.05) is 12.1 Å². The van der Waals surface area contributed by atoms with Crippen molar-refractivity contribution in [3.8, 4) is 11.5 Å². The second-order valence-electron chi connectivity index (χ2n) is 10.5. The van der Waals surface area contributed by atoms with Gasteiger partial charge in [0.15, 0.2) is 0 Å². The van der Waals surface area contributed by atoms with Crippen LogP contribution in [0.3, 0.4) is 0 Å². The Morgan fingerprint density at radius 1 is 0.833 bits per heavy atom. The highest BCUT2D eigenvalue weighted by Crippen LogP contribution is 2.40. The van der Waals surface area contributed by atoms with Gasteiger partial charge in [-0.15, -0.1) is 0 Å². The minimum absolute atomic E-state index is 0.0901. The van der Waals surface area contributed by atoms with E-state index in [-0.39, 0.29) is 10.8 Å². The van der Waals surface area contributed by atoms with E-state index in [4.69, 9.17) is 4.74 Å². The zero-order valence-electron chi connectivity index (χ0n) is 19.7. The Bertz CT molecular complexity index is 817. The largest absolute Gasteiger partial charge is 0.507 e. The van der Waals surface area contributed by atoms with Gasteiger partial charge in [-0.2, -0.15) is 0 Å². The molecule has 2 aromatic rings. The third kappa shape index (κ3) is 5.10. The van der Waals surface area contributed by atoms with Gasteiger partial charge in [0.1, 0.15) is 11.5 Å². The standard InChI is InChI=1S/C26H38N2O2/c1-25(2,3)22-16-19(17-23(24(22)29)26(4,5)6)18-27-12-14-28(15-13-27)20-8-10-21(30-7)11-9-20/h8-11,16-17,29H,12-15,18H2,1-7H3. The summed E-state index contributed by atoms with van der Waals surface area (Å²) in [5, 5.41) is 11.0. The summed E-state index contributed by atoms with van der Waals surface area (Å²) >= 11 is 0. The molecular formula is C26H38N2O2. The van der Waals surface area contributed by atoms with E-state index >= 15 is 0 Å². The first-order valence-corrected chi connectivity index (χ1v) is 11.0. The van der Waals surface area contributed by atoms with Crippen LogP contribution in [-0.4, -0.2) is 43.3 Å². The van der Waals surface area contributed by atoms with Crippen LogP contribution >= 0.6 is 0 Å². The second-order valence-corrected chi connectivity index (χ2v) is 10.5. The van der Waals surface area contributed by atoms with E-state index in [9.17, 15) is 5.11 Å². The number of hydrogen-bond acceptors (Lipinski definition) is 4. The van der Waals surface area contributed by atoms with Crippen LogP contribution < -0.4 is 9.64 Å². The maximum Gasteiger partial charge on any atom is 0.123 e. The van der Waals surface area contributed by atoms with E-state index in [2.05, 4.69) is 75.6 Å². The zero-order chi connectivity index (χ0) is 22.1. The molecule has 30 heavy (non-hydrogen) atoms. The first kappa shape index (κ1) is 22.5. The number of phenolic OH excluding ortho intramolecular Hbond substituents is 1. The number of nitrogens with zero attached hydrogens (tertiary/aromatic N) is 2. The molecule has 1 fully saturated rings. The predicted octanol–water partition coefficient (Wildman–Crippen LogP) is 5.32. The minimum Gasteiger partial charge on any atom is -0.507 e. The molecule has 1 aliphatic rings. The SMILES string of the molecule is COc1ccc(N2CCN(Cc3cc(C(C)(C)C)c(O)c(C(C)(C)C)c3)CC2)cc1. The lowest BCUT2D eigenvalue weighted by atomic mass is 9.78. The van der Waals surface area contributed by atoms with Crippen LogP contribution in [0.2, 0.25) is 0 Å². The third-order valence-corrected chi connectivity index (χ3v) is 6.00. The van der Waals surface area contributed by atoms with E-state index in [1.165, 1.54) is 11.3 Å². The molecule has 0 unspecified atom stereocenters. The average molecular weight is 411 g/mol. The number of ether oxygens (including phenoxy) is 1. The Hall–Kier alpha value is -2.20. The van der Waals surface area contributed by atoms with Gasteiger partial charge < -0.3 is 14.7 Å². The van der Waals surface area contributed by atoms with Gasteiger partial charge >= 0.3 is 0 Å². The fourth-order valence-electron chi connectivity index (χ4n) is 4.14. The van der Waals surface area contributed by atoms with Gasteiger partial charge in [-0.05, 0) is 51.8 Å². The molecule has 1 saturated heterocycles. The molecule has 0 saturated carbocycles. The van der Waals surface area contributed by atoms with E-state index < -0.39 is 0 Å². The number of hydrogen-bond donors (Lipinski definition) is 1. The summed E-state index contributed by atoms with van der Waals surface area (Å²) in [4.78, 5) is 4.96. The second kappa shape index (κ2) is 8.50. The Labute approximate surface area is 182 Å². The summed E-state index contributed by atoms with van der Waals surface area (Å²) in [6.45, 7) is 18.0. The number of rotatable bonds is 4. The van der Waals surface area contributed by atoms with Crippen LogP contribution in [0, 0.1) is 0 Å². The van der Waals surface area contributed by atoms with Gasteiger partial charge in [0.2, 0.25) is 0 Å². The minimum atomic E-state index is -0.0901. The molecule has 1 aliphatic heterocycles. The van der Waals surface area contributed by atoms with E-state index in [0.29, 0.717) is 5.75 Å². The molecule has 0 aromatic heterocycles. The summed E-state index contributed by atoms with van der Waals surface area (Å²) in [7, 11) is 1.70. The predicted molar refractivity (Wildman–Crippen MR) is 126 cm³/mol. The molecule has 0 atom stereocenters. The highest BCUT2D eigenvalue weighted by Gasteiger charge is 2.27. The maximum absolute atomic E-state index is 11.0. The molecule has 0 radical (unpaired) electrons. The number of benzene rings is 2. The van der Waals surface area contributed by atoms with Crippen molar-refractivity contribution in [2.24, 2.45) is 0 Å². The summed E-state index contributed by atoms with van der Waals surface area (Å²) in [6.07, 6.45) is 0. The smallest absolute Gasteiger partial charge is 0.123 e. The van der Waals surface area contributed by atoms with Crippen LogP contribution in [0.15, 0.2) is 36.4 Å². The normalized spacial score (nSPS) is 16.0. The quantitative estimate of drug-likeness (QED) is 0.740. The molecule has 2 aromatic carbocycles. The van der Waals surface area contributed by atoms with Crippen LogP contribution in [0.4, 0.5) is 5.69 Å². The first-order valence-electron chi connectivity index (χ1n) is 11.0. The van der Waals surface area contributed by atoms with Gasteiger partial charge in [0.05, 0.1) is 7.11 Å². The molecule has 0 aliphatic carbocycles. The topological polar surface area (TPSA) is 35.9 Å². The number of phenols is 1. The van der Waals surface area contributed by atoms with Crippen molar-refractivity contribution in [2.75, 3.05) is 38.2 Å². The molecule has 1 N–H and O–H groups in total. The van der Waals surface area contributed by atoms with Crippen molar-refractivity contribution in [3.63, 3.8) is 0 Å². The van der Waals surface area contributed by atoms with Crippen LogP contribution in [0.5, 0.6) is 11.5 Å². The van der Waals surface area contributed by atoms with Crippen LogP contribution in [0.25, 0.3) is 0 Å². The Kier molecular flexibility index (Phi) is 6.37. The van der Waals surface area contributed by atoms with Crippen molar-refractivity contribution in [1.82, 2.24) is 4.90 Å². The Morgan fingerprint density at radius 2 is 1.33 bits per heavy atom. The number of methoxy groups -OCH3 is 1. The highest BCUT2D eigenvalue weighted by molar-refractivity contribution is 5.51. The summed E-state index contributed by atoms with van der Waals surface area (Å²) in [6, 6.07) is 12.8. The van der Waals surface area contributed by atoms with Crippen molar-refractivity contribution in [1.29, 1.82) is 0 Å². The molecule has 0 bridgehead atoms. The van der Waals surface area contributed by atoms with Crippen molar-refractivity contribution in [3.05, 3.63) is 53.1 Å². The van der Waals surface area contributed by atoms with Crippen LogP contribution in [-0.2, 0) is 17.4 Å². The third-order valence-electron chi connectivity index (χ3n) is 6.00. The van der Waals surface area contributed by atoms with E-state index in [0.717, 1.165) is 49.6 Å². The molecule has 3 rings (SSSR count). The number of aromatic hydroxyl groups is 1. The summed E-state index contributed by atoms with van der Waals surface area (Å²) in [5.74, 6) is 1.36. The fraction of sp³-hybridized carbons (Fsp3) is 0.538. The van der Waals surface area contributed by atoms with Gasteiger partial charge in [-0.1, -0.05) is 53.7 Å². The van der Waals surface area contributed by atoms with Crippen molar-refractivity contribution >= 4 is 5.69 Å². The molecule has 164 valence electrons. The van der Waals surface area contributed by atoms with Crippen molar-refractivity contribution in [2.45, 2.75) is 58.9 Å². The summed E-state index contributed by atoms with van der Waals surface area (Å²) < 4.78 is 5.27. The van der Waals surface area contributed by atoms with E-state index in [1.54, 1.807) is 7.11 Å². The number of anilines is 1. The molecule has 4 heteroatoms. The Balaban J connectivity index is 1.74. The van der Waals surface area contributed by atoms with Gasteiger partial charge in [-0.3, -0.25) is 4.90 Å². The lowest BCUT2D eigenvalue weighted by Crippen LogP contribution is -2.46. The van der Waals surface area contributed by atoms with Gasteiger partial charge in [-0.25, -0.2) is 0 Å². The lowest BCUT2D eigenvalue weighted by Gasteiger charge is -2.36. The first-order chi connectivity index (χ1) is 14.0. The van der Waals surface area contributed by atoms with Gasteiger partial charge in [0, 0.05) is 38.4 Å². The molecule has 4 nitrogen and oxygen atoms in total. The molecular weight excluding hydrogens is 372 g/mol. The number of piperazine rings is 1. The van der Waals surface area contributed by atoms with Crippen LogP contribution in [0.1, 0.15) is 58.2 Å².